The summed E-state index contributed by atoms with van der Waals surface area (Å²) in [5.41, 5.74) is 2.89. The van der Waals surface area contributed by atoms with Crippen LogP contribution in [0.5, 0.6) is 5.75 Å². The van der Waals surface area contributed by atoms with Crippen molar-refractivity contribution in [1.82, 2.24) is 5.32 Å². The van der Waals surface area contributed by atoms with Crippen LogP contribution in [-0.4, -0.2) is 19.2 Å². The van der Waals surface area contributed by atoms with Crippen molar-refractivity contribution < 1.29 is 4.74 Å². The van der Waals surface area contributed by atoms with Gasteiger partial charge in [0.1, 0.15) is 12.4 Å². The number of nitrogens with one attached hydrogen (secondary N) is 1. The van der Waals surface area contributed by atoms with Crippen molar-refractivity contribution in [2.45, 2.75) is 72.3 Å². The maximum absolute atomic E-state index is 6.08. The maximum Gasteiger partial charge on any atom is 0.123 e. The van der Waals surface area contributed by atoms with E-state index in [1.54, 1.807) is 0 Å². The lowest BCUT2D eigenvalue weighted by Crippen LogP contribution is -2.31. The molecule has 1 atom stereocenters. The summed E-state index contributed by atoms with van der Waals surface area (Å²) >= 11 is 0. The first kappa shape index (κ1) is 18.0. The normalized spacial score (nSPS) is 14.1. The quantitative estimate of drug-likeness (QED) is 0.852. The van der Waals surface area contributed by atoms with E-state index >= 15 is 0 Å². The van der Waals surface area contributed by atoms with Crippen molar-refractivity contribution in [3.8, 4) is 5.75 Å². The van der Waals surface area contributed by atoms with Crippen molar-refractivity contribution in [2.24, 2.45) is 0 Å². The molecule has 1 aromatic rings. The first-order valence-corrected chi connectivity index (χ1v) is 8.07. The summed E-state index contributed by atoms with van der Waals surface area (Å²) in [7, 11) is 0. The van der Waals surface area contributed by atoms with Gasteiger partial charge in [0.25, 0.3) is 0 Å². The van der Waals surface area contributed by atoms with Crippen LogP contribution in [0.15, 0.2) is 18.2 Å². The van der Waals surface area contributed by atoms with Crippen LogP contribution in [0.1, 0.15) is 66.5 Å². The van der Waals surface area contributed by atoms with E-state index in [2.05, 4.69) is 78.9 Å². The van der Waals surface area contributed by atoms with Gasteiger partial charge in [0.15, 0.2) is 0 Å². The third kappa shape index (κ3) is 5.35. The molecule has 0 heterocycles. The number of hydrogen-bond donors (Lipinski definition) is 1. The zero-order valence-corrected chi connectivity index (χ0v) is 15.1. The molecule has 0 bridgehead atoms. The number of likely N-dealkylation sites (N-methyl/N-ethyl adjacent to an activating group) is 1. The zero-order chi connectivity index (χ0) is 16.3. The molecule has 0 saturated carbocycles. The van der Waals surface area contributed by atoms with Crippen LogP contribution >= 0.6 is 0 Å². The number of ether oxygens (including phenoxy) is 1. The molecule has 0 aliphatic heterocycles. The van der Waals surface area contributed by atoms with E-state index in [0.717, 1.165) is 12.3 Å². The Morgan fingerprint density at radius 3 is 2.14 bits per heavy atom. The van der Waals surface area contributed by atoms with E-state index in [0.29, 0.717) is 12.6 Å². The molecule has 120 valence electrons. The molecule has 0 radical (unpaired) electrons. The second-order valence-corrected chi connectivity index (χ2v) is 7.98. The van der Waals surface area contributed by atoms with E-state index in [1.807, 2.05) is 0 Å². The summed E-state index contributed by atoms with van der Waals surface area (Å²) in [5.74, 6) is 1.01. The number of benzene rings is 1. The molecular weight excluding hydrogens is 258 g/mol. The molecule has 1 N–H and O–H groups in total. The van der Waals surface area contributed by atoms with Gasteiger partial charge in [-0.2, -0.15) is 0 Å². The summed E-state index contributed by atoms with van der Waals surface area (Å²) in [6, 6.07) is 7.01. The lowest BCUT2D eigenvalue weighted by atomic mass is 9.80. The highest BCUT2D eigenvalue weighted by molar-refractivity contribution is 5.43. The fourth-order valence-electron chi connectivity index (χ4n) is 2.33. The van der Waals surface area contributed by atoms with E-state index < -0.39 is 0 Å². The van der Waals surface area contributed by atoms with Gasteiger partial charge in [0.2, 0.25) is 0 Å². The number of hydrogen-bond acceptors (Lipinski definition) is 2. The Morgan fingerprint density at radius 2 is 1.67 bits per heavy atom. The Kier molecular flexibility index (Phi) is 5.86. The molecule has 1 rings (SSSR count). The molecule has 0 aliphatic rings. The van der Waals surface area contributed by atoms with Gasteiger partial charge in [-0.15, -0.1) is 0 Å². The highest BCUT2D eigenvalue weighted by Crippen LogP contribution is 2.35. The minimum Gasteiger partial charge on any atom is -0.492 e. The van der Waals surface area contributed by atoms with Gasteiger partial charge in [-0.1, -0.05) is 60.6 Å². The SMILES string of the molecule is CCNC(C)COc1ccc(C(C)(C)C)cc1C(C)(C)C. The molecule has 0 amide bonds. The van der Waals surface area contributed by atoms with Crippen LogP contribution < -0.4 is 10.1 Å². The smallest absolute Gasteiger partial charge is 0.123 e. The average Bonchev–Trinajstić information content (AvgIpc) is 2.34. The maximum atomic E-state index is 6.08. The monoisotopic (exact) mass is 291 g/mol. The van der Waals surface area contributed by atoms with Crippen molar-refractivity contribution >= 4 is 0 Å². The van der Waals surface area contributed by atoms with Crippen LogP contribution in [0.3, 0.4) is 0 Å². The fraction of sp³-hybridized carbons (Fsp3) is 0.684. The van der Waals surface area contributed by atoms with Gasteiger partial charge in [-0.25, -0.2) is 0 Å². The standard InChI is InChI=1S/C19H33NO/c1-9-20-14(2)13-21-17-11-10-15(18(3,4)5)12-16(17)19(6,7)8/h10-12,14,20H,9,13H2,1-8H3. The molecule has 2 nitrogen and oxygen atoms in total. The summed E-state index contributed by atoms with van der Waals surface area (Å²) in [5, 5.41) is 3.38. The Morgan fingerprint density at radius 1 is 1.05 bits per heavy atom. The van der Waals surface area contributed by atoms with Crippen LogP contribution in [-0.2, 0) is 10.8 Å². The van der Waals surface area contributed by atoms with Crippen molar-refractivity contribution in [3.05, 3.63) is 29.3 Å². The summed E-state index contributed by atoms with van der Waals surface area (Å²) in [6.45, 7) is 19.4. The Hall–Kier alpha value is -1.02. The third-order valence-electron chi connectivity index (χ3n) is 3.70. The molecule has 0 saturated heterocycles. The van der Waals surface area contributed by atoms with Crippen molar-refractivity contribution in [3.63, 3.8) is 0 Å². The molecule has 2 heteroatoms. The first-order chi connectivity index (χ1) is 9.55. The van der Waals surface area contributed by atoms with Gasteiger partial charge >= 0.3 is 0 Å². The highest BCUT2D eigenvalue weighted by Gasteiger charge is 2.23. The molecule has 0 aliphatic carbocycles. The third-order valence-corrected chi connectivity index (χ3v) is 3.70. The van der Waals surface area contributed by atoms with E-state index in [4.69, 9.17) is 4.74 Å². The zero-order valence-electron chi connectivity index (χ0n) is 15.1. The summed E-state index contributed by atoms with van der Waals surface area (Å²) < 4.78 is 6.08. The Balaban J connectivity index is 3.04. The molecule has 21 heavy (non-hydrogen) atoms. The van der Waals surface area contributed by atoms with E-state index in [-0.39, 0.29) is 10.8 Å². The van der Waals surface area contributed by atoms with Crippen LogP contribution in [0.4, 0.5) is 0 Å². The lowest BCUT2D eigenvalue weighted by Gasteiger charge is -2.27. The van der Waals surface area contributed by atoms with Crippen molar-refractivity contribution in [2.75, 3.05) is 13.2 Å². The van der Waals surface area contributed by atoms with Crippen LogP contribution in [0.25, 0.3) is 0 Å². The van der Waals surface area contributed by atoms with E-state index in [1.165, 1.54) is 11.1 Å². The highest BCUT2D eigenvalue weighted by atomic mass is 16.5. The molecule has 0 aromatic heterocycles. The summed E-state index contributed by atoms with van der Waals surface area (Å²) in [4.78, 5) is 0. The molecule has 1 aromatic carbocycles. The topological polar surface area (TPSA) is 21.3 Å². The minimum absolute atomic E-state index is 0.0814. The van der Waals surface area contributed by atoms with Gasteiger partial charge in [-0.3, -0.25) is 0 Å². The largest absolute Gasteiger partial charge is 0.492 e. The molecule has 0 fully saturated rings. The molecular formula is C19H33NO. The second kappa shape index (κ2) is 6.83. The van der Waals surface area contributed by atoms with Crippen LogP contribution in [0, 0.1) is 0 Å². The predicted molar refractivity (Wildman–Crippen MR) is 92.5 cm³/mol. The number of rotatable bonds is 5. The Labute approximate surface area is 131 Å². The molecule has 0 spiro atoms. The van der Waals surface area contributed by atoms with Gasteiger partial charge in [0, 0.05) is 6.04 Å². The predicted octanol–water partition coefficient (Wildman–Crippen LogP) is 4.66. The van der Waals surface area contributed by atoms with Gasteiger partial charge in [0.05, 0.1) is 0 Å². The average molecular weight is 291 g/mol. The van der Waals surface area contributed by atoms with Gasteiger partial charge < -0.3 is 10.1 Å². The van der Waals surface area contributed by atoms with Crippen LogP contribution in [0.2, 0.25) is 0 Å². The first-order valence-electron chi connectivity index (χ1n) is 8.07. The van der Waals surface area contributed by atoms with Crippen molar-refractivity contribution in [1.29, 1.82) is 0 Å². The fourth-order valence-corrected chi connectivity index (χ4v) is 2.33. The lowest BCUT2D eigenvalue weighted by molar-refractivity contribution is 0.269. The van der Waals surface area contributed by atoms with Gasteiger partial charge in [-0.05, 0) is 41.5 Å². The van der Waals surface area contributed by atoms with E-state index in [9.17, 15) is 0 Å². The molecule has 1 unspecified atom stereocenters. The second-order valence-electron chi connectivity index (χ2n) is 7.98. The Bertz CT molecular complexity index is 452. The summed E-state index contributed by atoms with van der Waals surface area (Å²) in [6.07, 6.45) is 0. The minimum atomic E-state index is 0.0814.